The van der Waals surface area contributed by atoms with E-state index < -0.39 is 0 Å². The fourth-order valence-electron chi connectivity index (χ4n) is 3.40. The highest BCUT2D eigenvalue weighted by Crippen LogP contribution is 2.28. The monoisotopic (exact) mass is 404 g/mol. The first kappa shape index (κ1) is 19.0. The van der Waals surface area contributed by atoms with Crippen LogP contribution in [0.2, 0.25) is 0 Å². The normalized spacial score (nSPS) is 13.9. The van der Waals surface area contributed by atoms with Gasteiger partial charge in [-0.15, -0.1) is 11.3 Å². The van der Waals surface area contributed by atoms with Gasteiger partial charge < -0.3 is 9.80 Å². The summed E-state index contributed by atoms with van der Waals surface area (Å²) < 4.78 is 0. The molecule has 0 saturated carbocycles. The number of nitriles is 1. The Labute approximate surface area is 173 Å². The van der Waals surface area contributed by atoms with E-state index in [0.29, 0.717) is 53.9 Å². The van der Waals surface area contributed by atoms with Crippen LogP contribution in [0.4, 0.5) is 5.69 Å². The lowest BCUT2D eigenvalue weighted by Crippen LogP contribution is -2.49. The van der Waals surface area contributed by atoms with Crippen molar-refractivity contribution in [2.24, 2.45) is 0 Å². The largest absolute Gasteiger partial charge is 0.367 e. The van der Waals surface area contributed by atoms with Crippen LogP contribution in [0.1, 0.15) is 27.9 Å². The van der Waals surface area contributed by atoms with Gasteiger partial charge in [0.25, 0.3) is 5.91 Å². The van der Waals surface area contributed by atoms with E-state index in [9.17, 15) is 10.1 Å². The summed E-state index contributed by atoms with van der Waals surface area (Å²) in [4.78, 5) is 31.0. The molecule has 0 aliphatic carbocycles. The van der Waals surface area contributed by atoms with E-state index in [4.69, 9.17) is 0 Å². The van der Waals surface area contributed by atoms with Crippen molar-refractivity contribution in [2.75, 3.05) is 31.1 Å². The summed E-state index contributed by atoms with van der Waals surface area (Å²) in [5, 5.41) is 10.0. The summed E-state index contributed by atoms with van der Waals surface area (Å²) in [5.41, 5.74) is 2.38. The molecule has 3 aromatic rings. The van der Waals surface area contributed by atoms with Crippen LogP contribution in [0.15, 0.2) is 42.7 Å². The maximum atomic E-state index is 13.2. The average Bonchev–Trinajstić information content (AvgIpc) is 3.24. The second-order valence-electron chi connectivity index (χ2n) is 6.63. The average molecular weight is 404 g/mol. The Kier molecular flexibility index (Phi) is 5.49. The summed E-state index contributed by atoms with van der Waals surface area (Å²) >= 11 is 1.36. The number of rotatable bonds is 4. The molecular formula is C21H20N6OS. The molecule has 0 radical (unpaired) electrons. The third-order valence-electron chi connectivity index (χ3n) is 4.92. The molecule has 29 heavy (non-hydrogen) atoms. The molecule has 0 bridgehead atoms. The summed E-state index contributed by atoms with van der Waals surface area (Å²) in [6.07, 6.45) is 4.03. The Balaban J connectivity index is 1.50. The van der Waals surface area contributed by atoms with E-state index in [1.807, 2.05) is 36.1 Å². The lowest BCUT2D eigenvalue weighted by Gasteiger charge is -2.36. The molecule has 2 aromatic heterocycles. The molecule has 3 heterocycles. The highest BCUT2D eigenvalue weighted by atomic mass is 32.1. The molecule has 0 spiro atoms. The first-order chi connectivity index (χ1) is 14.2. The molecule has 4 rings (SSSR count). The number of aromatic nitrogens is 3. The van der Waals surface area contributed by atoms with Crippen molar-refractivity contribution in [3.05, 3.63) is 58.9 Å². The van der Waals surface area contributed by atoms with Crippen molar-refractivity contribution in [3.63, 3.8) is 0 Å². The van der Waals surface area contributed by atoms with Crippen molar-refractivity contribution in [1.82, 2.24) is 19.9 Å². The van der Waals surface area contributed by atoms with E-state index in [-0.39, 0.29) is 5.91 Å². The second-order valence-corrected chi connectivity index (χ2v) is 7.63. The number of benzene rings is 1. The van der Waals surface area contributed by atoms with Crippen LogP contribution in [0, 0.1) is 11.3 Å². The van der Waals surface area contributed by atoms with Crippen molar-refractivity contribution in [1.29, 1.82) is 5.26 Å². The zero-order valence-electron chi connectivity index (χ0n) is 16.1. The first-order valence-electron chi connectivity index (χ1n) is 9.51. The van der Waals surface area contributed by atoms with Gasteiger partial charge in [0.05, 0.1) is 16.9 Å². The van der Waals surface area contributed by atoms with Crippen LogP contribution >= 0.6 is 11.3 Å². The number of hydrogen-bond donors (Lipinski definition) is 0. The third-order valence-corrected chi connectivity index (χ3v) is 6.00. The number of carbonyl (C=O) groups excluding carboxylic acids is 1. The van der Waals surface area contributed by atoms with E-state index in [1.165, 1.54) is 11.3 Å². The standard InChI is InChI=1S/C21H20N6OS/c1-2-16-18(29-20(25-16)19-23-8-5-9-24-19)21(28)27-12-10-26(11-13-27)17-7-4-3-6-15(17)14-22/h3-9H,2,10-13H2,1H3. The zero-order valence-corrected chi connectivity index (χ0v) is 16.9. The van der Waals surface area contributed by atoms with Gasteiger partial charge in [-0.3, -0.25) is 4.79 Å². The van der Waals surface area contributed by atoms with Gasteiger partial charge in [-0.05, 0) is 24.6 Å². The predicted molar refractivity (Wildman–Crippen MR) is 112 cm³/mol. The van der Waals surface area contributed by atoms with Crippen LogP contribution < -0.4 is 4.90 Å². The molecule has 7 nitrogen and oxygen atoms in total. The summed E-state index contributed by atoms with van der Waals surface area (Å²) in [5.74, 6) is 0.555. The quantitative estimate of drug-likeness (QED) is 0.664. The molecule has 1 aliphatic rings. The Hall–Kier alpha value is -3.31. The smallest absolute Gasteiger partial charge is 0.266 e. The van der Waals surface area contributed by atoms with Gasteiger partial charge in [0, 0.05) is 38.6 Å². The summed E-state index contributed by atoms with van der Waals surface area (Å²) in [6, 6.07) is 11.6. The Morgan fingerprint density at radius 1 is 1.14 bits per heavy atom. The van der Waals surface area contributed by atoms with Crippen molar-refractivity contribution in [3.8, 4) is 16.9 Å². The van der Waals surface area contributed by atoms with Crippen LogP contribution in [-0.2, 0) is 6.42 Å². The number of aryl methyl sites for hydroxylation is 1. The number of nitrogens with zero attached hydrogens (tertiary/aromatic N) is 6. The highest BCUT2D eigenvalue weighted by Gasteiger charge is 2.27. The molecule has 0 N–H and O–H groups in total. The number of para-hydroxylation sites is 1. The lowest BCUT2D eigenvalue weighted by atomic mass is 10.1. The molecule has 1 fully saturated rings. The van der Waals surface area contributed by atoms with Gasteiger partial charge in [0.15, 0.2) is 10.8 Å². The van der Waals surface area contributed by atoms with Gasteiger partial charge in [0.2, 0.25) is 0 Å². The Morgan fingerprint density at radius 3 is 2.55 bits per heavy atom. The van der Waals surface area contributed by atoms with E-state index in [2.05, 4.69) is 25.9 Å². The second kappa shape index (κ2) is 8.37. The number of hydrogen-bond acceptors (Lipinski definition) is 7. The van der Waals surface area contributed by atoms with Gasteiger partial charge in [-0.25, -0.2) is 15.0 Å². The van der Waals surface area contributed by atoms with E-state index in [0.717, 1.165) is 11.4 Å². The van der Waals surface area contributed by atoms with Crippen LogP contribution in [0.5, 0.6) is 0 Å². The summed E-state index contributed by atoms with van der Waals surface area (Å²) in [7, 11) is 0. The van der Waals surface area contributed by atoms with Gasteiger partial charge in [0.1, 0.15) is 10.9 Å². The number of piperazine rings is 1. The fraction of sp³-hybridized carbons (Fsp3) is 0.286. The highest BCUT2D eigenvalue weighted by molar-refractivity contribution is 7.17. The molecule has 146 valence electrons. The van der Waals surface area contributed by atoms with Crippen molar-refractivity contribution in [2.45, 2.75) is 13.3 Å². The summed E-state index contributed by atoms with van der Waals surface area (Å²) in [6.45, 7) is 4.60. The maximum Gasteiger partial charge on any atom is 0.266 e. The number of carbonyl (C=O) groups is 1. The van der Waals surface area contributed by atoms with Gasteiger partial charge >= 0.3 is 0 Å². The number of amides is 1. The zero-order chi connectivity index (χ0) is 20.2. The van der Waals surface area contributed by atoms with Crippen molar-refractivity contribution >= 4 is 22.9 Å². The van der Waals surface area contributed by atoms with E-state index >= 15 is 0 Å². The minimum absolute atomic E-state index is 0.00903. The SMILES string of the molecule is CCc1nc(-c2ncccn2)sc1C(=O)N1CCN(c2ccccc2C#N)CC1. The Bertz CT molecular complexity index is 1050. The predicted octanol–water partition coefficient (Wildman–Crippen LogP) is 3.00. The number of anilines is 1. The molecule has 0 unspecified atom stereocenters. The van der Waals surface area contributed by atoms with Crippen LogP contribution in [0.25, 0.3) is 10.8 Å². The van der Waals surface area contributed by atoms with Gasteiger partial charge in [-0.1, -0.05) is 19.1 Å². The van der Waals surface area contributed by atoms with E-state index in [1.54, 1.807) is 18.5 Å². The Morgan fingerprint density at radius 2 is 1.86 bits per heavy atom. The topological polar surface area (TPSA) is 86.0 Å². The molecule has 1 saturated heterocycles. The first-order valence-corrected chi connectivity index (χ1v) is 10.3. The minimum Gasteiger partial charge on any atom is -0.367 e. The minimum atomic E-state index is 0.00903. The fourth-order valence-corrected chi connectivity index (χ4v) is 4.47. The molecular weight excluding hydrogens is 384 g/mol. The molecule has 0 atom stereocenters. The van der Waals surface area contributed by atoms with Gasteiger partial charge in [-0.2, -0.15) is 5.26 Å². The van der Waals surface area contributed by atoms with Crippen LogP contribution in [-0.4, -0.2) is 51.9 Å². The molecule has 1 aliphatic heterocycles. The van der Waals surface area contributed by atoms with Crippen LogP contribution in [0.3, 0.4) is 0 Å². The van der Waals surface area contributed by atoms with Crippen molar-refractivity contribution < 1.29 is 4.79 Å². The molecule has 1 amide bonds. The maximum absolute atomic E-state index is 13.2. The third kappa shape index (κ3) is 3.82. The number of thiazole rings is 1. The molecule has 1 aromatic carbocycles. The lowest BCUT2D eigenvalue weighted by molar-refractivity contribution is 0.0750. The molecule has 8 heteroatoms.